The van der Waals surface area contributed by atoms with Crippen LogP contribution in [0.4, 0.5) is 0 Å². The van der Waals surface area contributed by atoms with Crippen molar-refractivity contribution in [1.82, 2.24) is 25.3 Å². The van der Waals surface area contributed by atoms with Crippen LogP contribution in [0.1, 0.15) is 61.7 Å². The smallest absolute Gasteiger partial charge is 0.268 e. The quantitative estimate of drug-likeness (QED) is 0.622. The Labute approximate surface area is 174 Å². The van der Waals surface area contributed by atoms with Gasteiger partial charge in [-0.3, -0.25) is 14.5 Å². The molecule has 8 heteroatoms. The monoisotopic (exact) mass is 409 g/mol. The zero-order valence-corrected chi connectivity index (χ0v) is 17.4. The van der Waals surface area contributed by atoms with Crippen LogP contribution in [0.15, 0.2) is 39.6 Å². The third kappa shape index (κ3) is 3.87. The lowest BCUT2D eigenvalue weighted by Gasteiger charge is -2.26. The molecule has 4 rings (SSSR count). The van der Waals surface area contributed by atoms with Crippen molar-refractivity contribution >= 4 is 16.7 Å². The minimum Gasteiger partial charge on any atom is -0.338 e. The topological polar surface area (TPSA) is 104 Å². The van der Waals surface area contributed by atoms with Crippen molar-refractivity contribution in [1.29, 1.82) is 0 Å². The number of nitrogens with one attached hydrogen (secondary N) is 2. The van der Waals surface area contributed by atoms with Gasteiger partial charge in [0.05, 0.1) is 6.54 Å². The zero-order valence-electron chi connectivity index (χ0n) is 17.4. The number of H-pyrrole nitrogens is 1. The van der Waals surface area contributed by atoms with Crippen molar-refractivity contribution in [2.45, 2.75) is 51.6 Å². The van der Waals surface area contributed by atoms with Gasteiger partial charge >= 0.3 is 0 Å². The molecule has 0 spiro atoms. The third-order valence-electron chi connectivity index (χ3n) is 5.96. The summed E-state index contributed by atoms with van der Waals surface area (Å²) < 4.78 is 5.49. The molecule has 1 aromatic carbocycles. The van der Waals surface area contributed by atoms with Gasteiger partial charge in [-0.2, -0.15) is 4.98 Å². The highest BCUT2D eigenvalue weighted by atomic mass is 16.5. The lowest BCUT2D eigenvalue weighted by Crippen LogP contribution is -2.45. The first-order valence-corrected chi connectivity index (χ1v) is 10.5. The molecule has 1 amide bonds. The van der Waals surface area contributed by atoms with Gasteiger partial charge in [-0.05, 0) is 43.5 Å². The van der Waals surface area contributed by atoms with Crippen molar-refractivity contribution in [3.8, 4) is 0 Å². The summed E-state index contributed by atoms with van der Waals surface area (Å²) in [5.41, 5.74) is -0.721. The first-order valence-electron chi connectivity index (χ1n) is 10.5. The molecule has 2 aromatic heterocycles. The van der Waals surface area contributed by atoms with Crippen LogP contribution >= 0.6 is 0 Å². The van der Waals surface area contributed by atoms with E-state index in [9.17, 15) is 9.59 Å². The van der Waals surface area contributed by atoms with Crippen LogP contribution in [0.3, 0.4) is 0 Å². The number of aromatic nitrogens is 3. The van der Waals surface area contributed by atoms with E-state index < -0.39 is 5.54 Å². The van der Waals surface area contributed by atoms with Crippen LogP contribution in [-0.4, -0.2) is 39.0 Å². The Balaban J connectivity index is 1.60. The Morgan fingerprint density at radius 1 is 1.23 bits per heavy atom. The minimum absolute atomic E-state index is 0.233. The normalized spacial score (nSPS) is 15.7. The molecule has 1 fully saturated rings. The lowest BCUT2D eigenvalue weighted by molar-refractivity contribution is 0.0886. The number of rotatable bonds is 7. The Morgan fingerprint density at radius 2 is 1.97 bits per heavy atom. The molecule has 3 aromatic rings. The van der Waals surface area contributed by atoms with Crippen LogP contribution in [-0.2, 0) is 12.1 Å². The van der Waals surface area contributed by atoms with Crippen LogP contribution in [0.5, 0.6) is 0 Å². The third-order valence-corrected chi connectivity index (χ3v) is 5.96. The van der Waals surface area contributed by atoms with Crippen LogP contribution in [0, 0.1) is 0 Å². The molecule has 0 atom stereocenters. The number of hydrogen-bond donors (Lipinski definition) is 2. The van der Waals surface area contributed by atoms with Gasteiger partial charge in [0.25, 0.3) is 11.5 Å². The van der Waals surface area contributed by atoms with Crippen molar-refractivity contribution in [3.05, 3.63) is 58.1 Å². The summed E-state index contributed by atoms with van der Waals surface area (Å²) in [6.45, 7) is 6.55. The van der Waals surface area contributed by atoms with Gasteiger partial charge in [0.1, 0.15) is 11.2 Å². The molecule has 158 valence electrons. The predicted octanol–water partition coefficient (Wildman–Crippen LogP) is 2.95. The number of nitrogens with zero attached hydrogens (tertiary/aromatic N) is 3. The molecule has 8 nitrogen and oxygen atoms in total. The van der Waals surface area contributed by atoms with Crippen LogP contribution in [0.2, 0.25) is 0 Å². The average molecular weight is 409 g/mol. The second-order valence-electron chi connectivity index (χ2n) is 7.82. The lowest BCUT2D eigenvalue weighted by atomic mass is 9.96. The van der Waals surface area contributed by atoms with E-state index in [1.807, 2.05) is 12.1 Å². The Morgan fingerprint density at radius 3 is 2.70 bits per heavy atom. The minimum atomic E-state index is -0.676. The van der Waals surface area contributed by atoms with Crippen LogP contribution < -0.4 is 10.9 Å². The Bertz CT molecular complexity index is 1090. The molecule has 1 aliphatic rings. The second kappa shape index (κ2) is 8.39. The van der Waals surface area contributed by atoms with Crippen molar-refractivity contribution < 1.29 is 9.32 Å². The van der Waals surface area contributed by atoms with E-state index in [1.54, 1.807) is 18.2 Å². The maximum absolute atomic E-state index is 13.1. The predicted molar refractivity (Wildman–Crippen MR) is 113 cm³/mol. The van der Waals surface area contributed by atoms with E-state index in [-0.39, 0.29) is 17.2 Å². The molecule has 0 radical (unpaired) electrons. The summed E-state index contributed by atoms with van der Waals surface area (Å²) in [5, 5.41) is 8.60. The first kappa shape index (κ1) is 20.3. The standard InChI is InChI=1S/C22H27N5O3/c1-3-27(4-2)14-18-24-21(26-30-18)22(11-7-8-12-22)25-20(29)17-13-15-9-5-6-10-16(15)19(28)23-17/h5-6,9-10,13H,3-4,7-8,11-12,14H2,1-2H3,(H,23,28)(H,25,29). The summed E-state index contributed by atoms with van der Waals surface area (Å²) in [6, 6.07) is 8.92. The largest absolute Gasteiger partial charge is 0.338 e. The molecule has 0 aliphatic heterocycles. The maximum atomic E-state index is 13.1. The number of aromatic amines is 1. The average Bonchev–Trinajstić information content (AvgIpc) is 3.42. The number of fused-ring (bicyclic) bond motifs is 1. The first-order chi connectivity index (χ1) is 14.5. The van der Waals surface area contributed by atoms with Gasteiger partial charge in [0, 0.05) is 5.39 Å². The van der Waals surface area contributed by atoms with Crippen LogP contribution in [0.25, 0.3) is 10.8 Å². The molecule has 2 heterocycles. The van der Waals surface area contributed by atoms with Crippen molar-refractivity contribution in [2.75, 3.05) is 13.1 Å². The number of benzene rings is 1. The van der Waals surface area contributed by atoms with E-state index in [0.717, 1.165) is 44.2 Å². The second-order valence-corrected chi connectivity index (χ2v) is 7.82. The van der Waals surface area contributed by atoms with Crippen molar-refractivity contribution in [3.63, 3.8) is 0 Å². The molecule has 2 N–H and O–H groups in total. The van der Waals surface area contributed by atoms with Gasteiger partial charge in [0.15, 0.2) is 5.82 Å². The van der Waals surface area contributed by atoms with E-state index in [1.165, 1.54) is 0 Å². The van der Waals surface area contributed by atoms with E-state index in [0.29, 0.717) is 23.6 Å². The van der Waals surface area contributed by atoms with Gasteiger partial charge in [-0.15, -0.1) is 0 Å². The summed E-state index contributed by atoms with van der Waals surface area (Å²) in [7, 11) is 0. The molecule has 1 aliphatic carbocycles. The van der Waals surface area contributed by atoms with Gasteiger partial charge in [-0.1, -0.05) is 50.0 Å². The van der Waals surface area contributed by atoms with Gasteiger partial charge < -0.3 is 14.8 Å². The Kier molecular flexibility index (Phi) is 5.67. The molecular formula is C22H27N5O3. The summed E-state index contributed by atoms with van der Waals surface area (Å²) >= 11 is 0. The number of amides is 1. The summed E-state index contributed by atoms with van der Waals surface area (Å²) in [5.74, 6) is 0.724. The number of hydrogen-bond acceptors (Lipinski definition) is 6. The molecule has 30 heavy (non-hydrogen) atoms. The fourth-order valence-electron chi connectivity index (χ4n) is 4.15. The maximum Gasteiger partial charge on any atom is 0.268 e. The van der Waals surface area contributed by atoms with Gasteiger partial charge in [-0.25, -0.2) is 0 Å². The molecular weight excluding hydrogens is 382 g/mol. The summed E-state index contributed by atoms with van der Waals surface area (Å²) in [4.78, 5) is 35.0. The number of carbonyl (C=O) groups is 1. The fraction of sp³-hybridized carbons (Fsp3) is 0.455. The highest BCUT2D eigenvalue weighted by molar-refractivity contribution is 5.96. The number of pyridine rings is 1. The highest BCUT2D eigenvalue weighted by Crippen LogP contribution is 2.37. The summed E-state index contributed by atoms with van der Waals surface area (Å²) in [6.07, 6.45) is 3.41. The van der Waals surface area contributed by atoms with E-state index in [4.69, 9.17) is 4.52 Å². The fourth-order valence-corrected chi connectivity index (χ4v) is 4.15. The van der Waals surface area contributed by atoms with E-state index >= 15 is 0 Å². The molecule has 0 saturated heterocycles. The Hall–Kier alpha value is -3.00. The zero-order chi connectivity index (χ0) is 21.1. The van der Waals surface area contributed by atoms with Gasteiger partial charge in [0.2, 0.25) is 5.89 Å². The molecule has 0 unspecified atom stereocenters. The molecule has 0 bridgehead atoms. The SMILES string of the molecule is CCN(CC)Cc1nc(C2(NC(=O)c3cc4ccccc4c(=O)[nH]3)CCCC2)no1. The highest BCUT2D eigenvalue weighted by Gasteiger charge is 2.41. The van der Waals surface area contributed by atoms with Crippen molar-refractivity contribution in [2.24, 2.45) is 0 Å². The van der Waals surface area contributed by atoms with E-state index in [2.05, 4.69) is 39.2 Å². The number of carbonyl (C=O) groups excluding carboxylic acids is 1. The molecule has 1 saturated carbocycles.